The first-order valence-electron chi connectivity index (χ1n) is 8.04. The summed E-state index contributed by atoms with van der Waals surface area (Å²) in [5.41, 5.74) is 2.91. The molecular weight excluding hydrogens is 306 g/mol. The molecule has 1 aliphatic rings. The Labute approximate surface area is 141 Å². The Bertz CT molecular complexity index is 787. The molecule has 24 heavy (non-hydrogen) atoms. The molecule has 0 amide bonds. The van der Waals surface area contributed by atoms with Gasteiger partial charge in [-0.2, -0.15) is 0 Å². The highest BCUT2D eigenvalue weighted by molar-refractivity contribution is 6.01. The lowest BCUT2D eigenvalue weighted by Crippen LogP contribution is -2.15. The van der Waals surface area contributed by atoms with Crippen molar-refractivity contribution in [3.05, 3.63) is 52.8 Å². The number of methoxy groups -OCH3 is 1. The maximum atomic E-state index is 12.3. The maximum Gasteiger partial charge on any atom is 0.340 e. The third-order valence-electron chi connectivity index (χ3n) is 4.36. The van der Waals surface area contributed by atoms with E-state index >= 15 is 0 Å². The quantitative estimate of drug-likeness (QED) is 0.602. The van der Waals surface area contributed by atoms with Gasteiger partial charge in [0.25, 0.3) is 0 Å². The zero-order chi connectivity index (χ0) is 17.3. The first kappa shape index (κ1) is 16.3. The maximum absolute atomic E-state index is 12.3. The molecule has 1 aromatic carbocycles. The van der Waals surface area contributed by atoms with Gasteiger partial charge < -0.3 is 14.0 Å². The normalized spacial score (nSPS) is 13.6. The number of aryl methyl sites for hydroxylation is 1. The minimum atomic E-state index is -0.460. The summed E-state index contributed by atoms with van der Waals surface area (Å²) in [4.78, 5) is 24.6. The third kappa shape index (κ3) is 3.07. The molecule has 126 valence electrons. The second-order valence-electron chi connectivity index (χ2n) is 6.09. The third-order valence-corrected chi connectivity index (χ3v) is 4.36. The van der Waals surface area contributed by atoms with Crippen LogP contribution in [0.4, 0.5) is 0 Å². The van der Waals surface area contributed by atoms with Crippen molar-refractivity contribution in [3.8, 4) is 5.75 Å². The fraction of sp³-hybridized carbons (Fsp3) is 0.368. The molecule has 0 atom stereocenters. The van der Waals surface area contributed by atoms with E-state index in [9.17, 15) is 9.59 Å². The second-order valence-corrected chi connectivity index (χ2v) is 6.09. The summed E-state index contributed by atoms with van der Waals surface area (Å²) in [7, 11) is 1.50. The van der Waals surface area contributed by atoms with Crippen molar-refractivity contribution in [2.75, 3.05) is 13.7 Å². The number of Topliss-reactive ketones (excluding diaryl/α,β-unsaturated/α-hetero) is 1. The lowest BCUT2D eigenvalue weighted by atomic mass is 10.1. The zero-order valence-corrected chi connectivity index (χ0v) is 14.2. The van der Waals surface area contributed by atoms with E-state index in [1.165, 1.54) is 7.11 Å². The van der Waals surface area contributed by atoms with Gasteiger partial charge in [0, 0.05) is 17.4 Å². The topological polar surface area (TPSA) is 57.5 Å². The number of esters is 1. The van der Waals surface area contributed by atoms with Crippen molar-refractivity contribution in [1.29, 1.82) is 0 Å². The van der Waals surface area contributed by atoms with Crippen LogP contribution in [0.2, 0.25) is 0 Å². The predicted octanol–water partition coefficient (Wildman–Crippen LogP) is 3.49. The van der Waals surface area contributed by atoms with Crippen LogP contribution in [0.1, 0.15) is 51.0 Å². The Hall–Kier alpha value is -2.56. The minimum absolute atomic E-state index is 0.281. The van der Waals surface area contributed by atoms with E-state index in [-0.39, 0.29) is 12.4 Å². The van der Waals surface area contributed by atoms with Crippen LogP contribution in [-0.4, -0.2) is 30.0 Å². The molecule has 0 N–H and O–H groups in total. The van der Waals surface area contributed by atoms with Gasteiger partial charge in [-0.25, -0.2) is 4.79 Å². The largest absolute Gasteiger partial charge is 0.496 e. The lowest BCUT2D eigenvalue weighted by molar-refractivity contribution is 0.0473. The fourth-order valence-corrected chi connectivity index (χ4v) is 3.04. The summed E-state index contributed by atoms with van der Waals surface area (Å²) in [5.74, 6) is -0.263. The van der Waals surface area contributed by atoms with Gasteiger partial charge in [-0.05, 0) is 44.9 Å². The summed E-state index contributed by atoms with van der Waals surface area (Å²) in [5, 5.41) is 0. The number of carbonyl (C=O) groups excluding carboxylic acids is 2. The van der Waals surface area contributed by atoms with Crippen LogP contribution in [0.25, 0.3) is 0 Å². The molecule has 0 aliphatic heterocycles. The van der Waals surface area contributed by atoms with Gasteiger partial charge in [0.15, 0.2) is 6.61 Å². The number of ketones is 1. The summed E-state index contributed by atoms with van der Waals surface area (Å²) < 4.78 is 12.6. The molecule has 1 saturated carbocycles. The Morgan fingerprint density at radius 2 is 1.88 bits per heavy atom. The smallest absolute Gasteiger partial charge is 0.340 e. The highest BCUT2D eigenvalue weighted by Gasteiger charge is 2.29. The number of ether oxygens (including phenoxy) is 2. The number of hydrogen-bond donors (Lipinski definition) is 0. The van der Waals surface area contributed by atoms with Crippen LogP contribution in [0, 0.1) is 13.8 Å². The van der Waals surface area contributed by atoms with Crippen molar-refractivity contribution < 1.29 is 19.1 Å². The SMILES string of the molecule is COc1ccccc1C(=O)COC(=O)c1cc(C)n(C2CC2)c1C. The molecule has 2 aromatic rings. The van der Waals surface area contributed by atoms with Gasteiger partial charge in [0.2, 0.25) is 5.78 Å². The predicted molar refractivity (Wildman–Crippen MR) is 89.8 cm³/mol. The molecule has 3 rings (SSSR count). The monoisotopic (exact) mass is 327 g/mol. The van der Waals surface area contributed by atoms with Gasteiger partial charge in [-0.1, -0.05) is 12.1 Å². The molecule has 0 bridgehead atoms. The highest BCUT2D eigenvalue weighted by atomic mass is 16.5. The number of aromatic nitrogens is 1. The minimum Gasteiger partial charge on any atom is -0.496 e. The van der Waals surface area contributed by atoms with E-state index in [0.29, 0.717) is 22.9 Å². The Morgan fingerprint density at radius 1 is 1.17 bits per heavy atom. The molecule has 1 fully saturated rings. The number of carbonyl (C=O) groups is 2. The molecule has 1 aliphatic carbocycles. The molecular formula is C19H21NO4. The molecule has 5 heteroatoms. The Kier molecular flexibility index (Phi) is 4.42. The average molecular weight is 327 g/mol. The molecule has 0 saturated heterocycles. The van der Waals surface area contributed by atoms with Crippen LogP contribution in [0.3, 0.4) is 0 Å². The van der Waals surface area contributed by atoms with Crippen molar-refractivity contribution >= 4 is 11.8 Å². The molecule has 0 radical (unpaired) electrons. The number of benzene rings is 1. The van der Waals surface area contributed by atoms with Crippen molar-refractivity contribution in [2.45, 2.75) is 32.7 Å². The van der Waals surface area contributed by atoms with Gasteiger partial charge in [-0.3, -0.25) is 4.79 Å². The van der Waals surface area contributed by atoms with E-state index in [1.807, 2.05) is 19.9 Å². The average Bonchev–Trinajstić information content (AvgIpc) is 3.37. The first-order chi connectivity index (χ1) is 11.5. The summed E-state index contributed by atoms with van der Waals surface area (Å²) >= 11 is 0. The first-order valence-corrected chi connectivity index (χ1v) is 8.04. The second kappa shape index (κ2) is 6.51. The van der Waals surface area contributed by atoms with Crippen molar-refractivity contribution in [2.24, 2.45) is 0 Å². The molecule has 0 unspecified atom stereocenters. The Balaban J connectivity index is 1.70. The van der Waals surface area contributed by atoms with Gasteiger partial charge in [0.1, 0.15) is 5.75 Å². The fourth-order valence-electron chi connectivity index (χ4n) is 3.04. The highest BCUT2D eigenvalue weighted by Crippen LogP contribution is 2.38. The summed E-state index contributed by atoms with van der Waals surface area (Å²) in [6.07, 6.45) is 2.30. The van der Waals surface area contributed by atoms with Crippen LogP contribution < -0.4 is 4.74 Å². The standard InChI is InChI=1S/C19H21NO4/c1-12-10-16(13(2)20(12)14-8-9-14)19(22)24-11-17(21)15-6-4-5-7-18(15)23-3/h4-7,10,14H,8-9,11H2,1-3H3. The van der Waals surface area contributed by atoms with E-state index in [4.69, 9.17) is 9.47 Å². The number of nitrogens with zero attached hydrogens (tertiary/aromatic N) is 1. The molecule has 0 spiro atoms. The molecule has 1 aromatic heterocycles. The van der Waals surface area contributed by atoms with Crippen LogP contribution in [0.15, 0.2) is 30.3 Å². The van der Waals surface area contributed by atoms with Gasteiger partial charge in [0.05, 0.1) is 18.2 Å². The van der Waals surface area contributed by atoms with Crippen molar-refractivity contribution in [1.82, 2.24) is 4.57 Å². The van der Waals surface area contributed by atoms with E-state index in [1.54, 1.807) is 24.3 Å². The van der Waals surface area contributed by atoms with E-state index < -0.39 is 5.97 Å². The summed E-state index contributed by atoms with van der Waals surface area (Å²) in [6, 6.07) is 9.24. The Morgan fingerprint density at radius 3 is 2.54 bits per heavy atom. The van der Waals surface area contributed by atoms with Crippen molar-refractivity contribution in [3.63, 3.8) is 0 Å². The van der Waals surface area contributed by atoms with Crippen LogP contribution in [-0.2, 0) is 4.74 Å². The van der Waals surface area contributed by atoms with Crippen LogP contribution in [0.5, 0.6) is 5.75 Å². The van der Waals surface area contributed by atoms with Crippen LogP contribution >= 0.6 is 0 Å². The summed E-state index contributed by atoms with van der Waals surface area (Å²) in [6.45, 7) is 3.61. The lowest BCUT2D eigenvalue weighted by Gasteiger charge is -2.09. The number of para-hydroxylation sites is 1. The number of hydrogen-bond acceptors (Lipinski definition) is 4. The zero-order valence-electron chi connectivity index (χ0n) is 14.2. The number of rotatable bonds is 6. The van der Waals surface area contributed by atoms with E-state index in [0.717, 1.165) is 24.2 Å². The molecule has 5 nitrogen and oxygen atoms in total. The molecule has 1 heterocycles. The van der Waals surface area contributed by atoms with Gasteiger partial charge in [-0.15, -0.1) is 0 Å². The van der Waals surface area contributed by atoms with E-state index in [2.05, 4.69) is 4.57 Å². The van der Waals surface area contributed by atoms with Gasteiger partial charge >= 0.3 is 5.97 Å².